The number of aliphatic carboxylic acids is 1. The summed E-state index contributed by atoms with van der Waals surface area (Å²) in [6, 6.07) is 7.58. The molecule has 1 aromatic rings. The van der Waals surface area contributed by atoms with Crippen molar-refractivity contribution in [1.82, 2.24) is 0 Å². The zero-order valence-corrected chi connectivity index (χ0v) is 13.3. The fraction of sp³-hybridized carbons (Fsp3) is 0.533. The van der Waals surface area contributed by atoms with Crippen molar-refractivity contribution in [1.29, 1.82) is 0 Å². The Morgan fingerprint density at radius 2 is 2.30 bits per heavy atom. The molecule has 1 aliphatic rings. The minimum Gasteiger partial charge on any atom is -0.480 e. The summed E-state index contributed by atoms with van der Waals surface area (Å²) in [6.07, 6.45) is 0.921. The number of ether oxygens (including phenoxy) is 1. The maximum Gasteiger partial charge on any atom is 0.329 e. The van der Waals surface area contributed by atoms with Gasteiger partial charge in [-0.15, -0.1) is 0 Å². The SMILES string of the molecule is CC(C)C1CC(Nc2cccc(Br)c2)(C(=O)O)CCO1. The van der Waals surface area contributed by atoms with Crippen LogP contribution in [0.4, 0.5) is 5.69 Å². The lowest BCUT2D eigenvalue weighted by Gasteiger charge is -2.40. The van der Waals surface area contributed by atoms with Crippen LogP contribution in [0.25, 0.3) is 0 Å². The lowest BCUT2D eigenvalue weighted by Crippen LogP contribution is -2.53. The Morgan fingerprint density at radius 1 is 1.55 bits per heavy atom. The van der Waals surface area contributed by atoms with Gasteiger partial charge >= 0.3 is 5.97 Å². The number of nitrogens with one attached hydrogen (secondary N) is 1. The van der Waals surface area contributed by atoms with Crippen molar-refractivity contribution >= 4 is 27.6 Å². The molecule has 2 unspecified atom stereocenters. The lowest BCUT2D eigenvalue weighted by atomic mass is 9.83. The predicted octanol–water partition coefficient (Wildman–Crippen LogP) is 3.52. The monoisotopic (exact) mass is 341 g/mol. The van der Waals surface area contributed by atoms with Crippen LogP contribution in [0.15, 0.2) is 28.7 Å². The van der Waals surface area contributed by atoms with Crippen LogP contribution in [0.3, 0.4) is 0 Å². The van der Waals surface area contributed by atoms with Gasteiger partial charge in [-0.1, -0.05) is 35.8 Å². The highest BCUT2D eigenvalue weighted by Crippen LogP contribution is 2.32. The van der Waals surface area contributed by atoms with Gasteiger partial charge in [0.15, 0.2) is 0 Å². The number of anilines is 1. The fourth-order valence-corrected chi connectivity index (χ4v) is 2.92. The molecule has 2 rings (SSSR count). The van der Waals surface area contributed by atoms with Crippen molar-refractivity contribution in [2.75, 3.05) is 11.9 Å². The maximum absolute atomic E-state index is 11.8. The van der Waals surface area contributed by atoms with Gasteiger partial charge in [0, 0.05) is 29.6 Å². The Labute approximate surface area is 127 Å². The molecule has 2 atom stereocenters. The molecule has 0 aliphatic carbocycles. The number of carboxylic acids is 1. The number of carboxylic acid groups (broad SMARTS) is 1. The molecule has 110 valence electrons. The van der Waals surface area contributed by atoms with Gasteiger partial charge in [0.05, 0.1) is 6.10 Å². The van der Waals surface area contributed by atoms with Crippen LogP contribution >= 0.6 is 15.9 Å². The Kier molecular flexibility index (Phi) is 4.70. The van der Waals surface area contributed by atoms with Crippen LogP contribution < -0.4 is 5.32 Å². The average molecular weight is 342 g/mol. The molecule has 0 bridgehead atoms. The summed E-state index contributed by atoms with van der Waals surface area (Å²) in [6.45, 7) is 4.58. The van der Waals surface area contributed by atoms with Crippen LogP contribution in [-0.4, -0.2) is 29.3 Å². The second-order valence-corrected chi connectivity index (χ2v) is 6.55. The Bertz CT molecular complexity index is 492. The molecule has 1 heterocycles. The number of hydrogen-bond acceptors (Lipinski definition) is 3. The molecule has 0 spiro atoms. The molecular formula is C15H20BrNO3. The summed E-state index contributed by atoms with van der Waals surface area (Å²) in [7, 11) is 0. The van der Waals surface area contributed by atoms with Crippen LogP contribution in [0.2, 0.25) is 0 Å². The van der Waals surface area contributed by atoms with E-state index in [1.54, 1.807) is 0 Å². The molecule has 1 aromatic carbocycles. The first-order chi connectivity index (χ1) is 9.43. The van der Waals surface area contributed by atoms with E-state index >= 15 is 0 Å². The van der Waals surface area contributed by atoms with Gasteiger partial charge < -0.3 is 15.2 Å². The second-order valence-electron chi connectivity index (χ2n) is 5.63. The summed E-state index contributed by atoms with van der Waals surface area (Å²) in [5.74, 6) is -0.509. The average Bonchev–Trinajstić information content (AvgIpc) is 2.38. The van der Waals surface area contributed by atoms with Crippen molar-refractivity contribution < 1.29 is 14.6 Å². The van der Waals surface area contributed by atoms with Crippen LogP contribution in [-0.2, 0) is 9.53 Å². The zero-order valence-electron chi connectivity index (χ0n) is 11.7. The number of benzene rings is 1. The molecule has 0 saturated carbocycles. The van der Waals surface area contributed by atoms with E-state index < -0.39 is 11.5 Å². The van der Waals surface area contributed by atoms with Crippen molar-refractivity contribution in [3.05, 3.63) is 28.7 Å². The van der Waals surface area contributed by atoms with Crippen molar-refractivity contribution in [2.24, 2.45) is 5.92 Å². The summed E-state index contributed by atoms with van der Waals surface area (Å²) in [5, 5.41) is 12.9. The number of carbonyl (C=O) groups is 1. The third-order valence-electron chi connectivity index (χ3n) is 3.77. The molecule has 1 aliphatic heterocycles. The van der Waals surface area contributed by atoms with Gasteiger partial charge in [-0.2, -0.15) is 0 Å². The van der Waals surface area contributed by atoms with Crippen LogP contribution in [0.1, 0.15) is 26.7 Å². The normalized spacial score (nSPS) is 26.5. The van der Waals surface area contributed by atoms with Gasteiger partial charge in [0.1, 0.15) is 5.54 Å². The summed E-state index contributed by atoms with van der Waals surface area (Å²) < 4.78 is 6.62. The minimum absolute atomic E-state index is 0.0282. The third kappa shape index (κ3) is 3.33. The van der Waals surface area contributed by atoms with Gasteiger partial charge in [-0.3, -0.25) is 0 Å². The Balaban J connectivity index is 2.23. The number of halogens is 1. The number of rotatable bonds is 4. The van der Waals surface area contributed by atoms with Crippen molar-refractivity contribution in [3.8, 4) is 0 Å². The number of hydrogen-bond donors (Lipinski definition) is 2. The first kappa shape index (κ1) is 15.3. The summed E-state index contributed by atoms with van der Waals surface area (Å²) >= 11 is 3.40. The van der Waals surface area contributed by atoms with Crippen molar-refractivity contribution in [3.63, 3.8) is 0 Å². The van der Waals surface area contributed by atoms with E-state index in [1.165, 1.54) is 0 Å². The summed E-state index contributed by atoms with van der Waals surface area (Å²) in [5.41, 5.74) is -0.139. The van der Waals surface area contributed by atoms with Crippen LogP contribution in [0.5, 0.6) is 0 Å². The third-order valence-corrected chi connectivity index (χ3v) is 4.26. The largest absolute Gasteiger partial charge is 0.480 e. The molecule has 20 heavy (non-hydrogen) atoms. The summed E-state index contributed by atoms with van der Waals surface area (Å²) in [4.78, 5) is 11.8. The Hall–Kier alpha value is -1.07. The fourth-order valence-electron chi connectivity index (χ4n) is 2.52. The zero-order chi connectivity index (χ0) is 14.8. The molecule has 0 aromatic heterocycles. The van der Waals surface area contributed by atoms with E-state index in [2.05, 4.69) is 35.1 Å². The topological polar surface area (TPSA) is 58.6 Å². The van der Waals surface area contributed by atoms with E-state index in [-0.39, 0.29) is 6.10 Å². The molecular weight excluding hydrogens is 322 g/mol. The smallest absolute Gasteiger partial charge is 0.329 e. The second kappa shape index (κ2) is 6.14. The standard InChI is InChI=1S/C15H20BrNO3/c1-10(2)13-9-15(14(18)19,6-7-20-13)17-12-5-3-4-11(16)8-12/h3-5,8,10,13,17H,6-7,9H2,1-2H3,(H,18,19). The maximum atomic E-state index is 11.8. The molecule has 1 saturated heterocycles. The van der Waals surface area contributed by atoms with Gasteiger partial charge in [-0.05, 0) is 24.1 Å². The van der Waals surface area contributed by atoms with E-state index in [0.717, 1.165) is 10.2 Å². The first-order valence-electron chi connectivity index (χ1n) is 6.82. The molecule has 5 heteroatoms. The quantitative estimate of drug-likeness (QED) is 0.879. The minimum atomic E-state index is -0.950. The highest BCUT2D eigenvalue weighted by Gasteiger charge is 2.44. The first-order valence-corrected chi connectivity index (χ1v) is 7.61. The lowest BCUT2D eigenvalue weighted by molar-refractivity contribution is -0.149. The molecule has 1 fully saturated rings. The molecule has 0 radical (unpaired) electrons. The Morgan fingerprint density at radius 3 is 2.90 bits per heavy atom. The van der Waals surface area contributed by atoms with E-state index in [1.807, 2.05) is 24.3 Å². The van der Waals surface area contributed by atoms with Gasteiger partial charge in [-0.25, -0.2) is 4.79 Å². The van der Waals surface area contributed by atoms with Gasteiger partial charge in [0.2, 0.25) is 0 Å². The van der Waals surface area contributed by atoms with E-state index in [0.29, 0.717) is 25.4 Å². The van der Waals surface area contributed by atoms with E-state index in [9.17, 15) is 9.90 Å². The highest BCUT2D eigenvalue weighted by molar-refractivity contribution is 9.10. The van der Waals surface area contributed by atoms with Gasteiger partial charge in [0.25, 0.3) is 0 Å². The molecule has 2 N–H and O–H groups in total. The highest BCUT2D eigenvalue weighted by atomic mass is 79.9. The van der Waals surface area contributed by atoms with Crippen LogP contribution in [0, 0.1) is 5.92 Å². The van der Waals surface area contributed by atoms with E-state index in [4.69, 9.17) is 4.74 Å². The molecule has 4 nitrogen and oxygen atoms in total. The predicted molar refractivity (Wildman–Crippen MR) is 81.9 cm³/mol. The van der Waals surface area contributed by atoms with Crippen molar-refractivity contribution in [2.45, 2.75) is 38.3 Å². The molecule has 0 amide bonds.